The number of amides is 1. The van der Waals surface area contributed by atoms with E-state index in [0.29, 0.717) is 15.8 Å². The highest BCUT2D eigenvalue weighted by Crippen LogP contribution is 2.32. The molecule has 1 unspecified atom stereocenters. The third kappa shape index (κ3) is 3.27. The van der Waals surface area contributed by atoms with Gasteiger partial charge in [0.05, 0.1) is 10.0 Å². The predicted molar refractivity (Wildman–Crippen MR) is 59.1 cm³/mol. The number of carbonyl (C=O) groups excluding carboxylic acids is 1. The molecule has 0 fully saturated rings. The van der Waals surface area contributed by atoms with Gasteiger partial charge in [-0.3, -0.25) is 4.79 Å². The van der Waals surface area contributed by atoms with Crippen LogP contribution in [0, 0.1) is 0 Å². The van der Waals surface area contributed by atoms with Crippen molar-refractivity contribution in [2.45, 2.75) is 6.04 Å². The minimum absolute atomic E-state index is 0.0568. The summed E-state index contributed by atoms with van der Waals surface area (Å²) in [6, 6.07) is 4.06. The topological polar surface area (TPSA) is 78.3 Å². The van der Waals surface area contributed by atoms with Gasteiger partial charge in [0.1, 0.15) is 12.6 Å². The molecular formula is C9H10Cl2N2O2. The second-order valence-corrected chi connectivity index (χ2v) is 3.69. The standard InChI is InChI=1S/C9H10Cl2N2O2/c10-5-2-1-3-6(11)8(5)15-4-7(12)9(13)14/h1-3,7H,4,12H2,(H2,13,14). The quantitative estimate of drug-likeness (QED) is 0.841. The molecule has 82 valence electrons. The van der Waals surface area contributed by atoms with E-state index in [9.17, 15) is 4.79 Å². The maximum absolute atomic E-state index is 10.6. The summed E-state index contributed by atoms with van der Waals surface area (Å²) in [5, 5.41) is 0.721. The molecule has 1 aromatic rings. The Morgan fingerprint density at radius 2 is 1.93 bits per heavy atom. The first kappa shape index (κ1) is 12.1. The van der Waals surface area contributed by atoms with Crippen molar-refractivity contribution in [3.63, 3.8) is 0 Å². The molecule has 0 aromatic heterocycles. The van der Waals surface area contributed by atoms with Gasteiger partial charge in [0.15, 0.2) is 5.75 Å². The van der Waals surface area contributed by atoms with Crippen LogP contribution in [0.1, 0.15) is 0 Å². The molecule has 4 N–H and O–H groups in total. The van der Waals surface area contributed by atoms with Gasteiger partial charge in [-0.25, -0.2) is 0 Å². The average molecular weight is 249 g/mol. The minimum atomic E-state index is -0.877. The summed E-state index contributed by atoms with van der Waals surface area (Å²) in [5.74, 6) is -0.337. The van der Waals surface area contributed by atoms with Crippen molar-refractivity contribution < 1.29 is 9.53 Å². The van der Waals surface area contributed by atoms with Crippen molar-refractivity contribution in [3.05, 3.63) is 28.2 Å². The van der Waals surface area contributed by atoms with Crippen molar-refractivity contribution in [2.24, 2.45) is 11.5 Å². The Balaban J connectivity index is 2.69. The molecule has 0 aliphatic rings. The van der Waals surface area contributed by atoms with Crippen molar-refractivity contribution in [1.29, 1.82) is 0 Å². The van der Waals surface area contributed by atoms with Crippen LogP contribution in [0.2, 0.25) is 10.0 Å². The van der Waals surface area contributed by atoms with Gasteiger partial charge in [-0.05, 0) is 12.1 Å². The minimum Gasteiger partial charge on any atom is -0.488 e. The molecule has 6 heteroatoms. The second kappa shape index (κ2) is 5.21. The highest BCUT2D eigenvalue weighted by Gasteiger charge is 2.12. The lowest BCUT2D eigenvalue weighted by Crippen LogP contribution is -2.41. The van der Waals surface area contributed by atoms with Gasteiger partial charge in [-0.1, -0.05) is 29.3 Å². The van der Waals surface area contributed by atoms with Gasteiger partial charge in [0, 0.05) is 0 Å². The van der Waals surface area contributed by atoms with E-state index >= 15 is 0 Å². The SMILES string of the molecule is NC(=O)C(N)COc1c(Cl)cccc1Cl. The van der Waals surface area contributed by atoms with E-state index in [2.05, 4.69) is 0 Å². The van der Waals surface area contributed by atoms with E-state index in [1.807, 2.05) is 0 Å². The second-order valence-electron chi connectivity index (χ2n) is 2.87. The summed E-state index contributed by atoms with van der Waals surface area (Å²) < 4.78 is 5.20. The van der Waals surface area contributed by atoms with Gasteiger partial charge in [0.2, 0.25) is 5.91 Å². The number of hydrogen-bond acceptors (Lipinski definition) is 3. The first-order chi connectivity index (χ1) is 7.02. The van der Waals surface area contributed by atoms with Gasteiger partial charge in [-0.15, -0.1) is 0 Å². The van der Waals surface area contributed by atoms with Crippen LogP contribution in [0.3, 0.4) is 0 Å². The Bertz CT molecular complexity index is 351. The van der Waals surface area contributed by atoms with E-state index in [4.69, 9.17) is 39.4 Å². The van der Waals surface area contributed by atoms with Crippen LogP contribution in [0.15, 0.2) is 18.2 Å². The zero-order valence-electron chi connectivity index (χ0n) is 7.74. The van der Waals surface area contributed by atoms with E-state index in [1.54, 1.807) is 18.2 Å². The van der Waals surface area contributed by atoms with E-state index in [1.165, 1.54) is 0 Å². The zero-order valence-corrected chi connectivity index (χ0v) is 9.26. The molecule has 0 spiro atoms. The highest BCUT2D eigenvalue weighted by molar-refractivity contribution is 6.37. The summed E-state index contributed by atoms with van der Waals surface area (Å²) in [5.41, 5.74) is 10.3. The van der Waals surface area contributed by atoms with Gasteiger partial charge in [0.25, 0.3) is 0 Å². The van der Waals surface area contributed by atoms with Crippen molar-refractivity contribution in [1.82, 2.24) is 0 Å². The lowest BCUT2D eigenvalue weighted by atomic mass is 10.3. The Kier molecular flexibility index (Phi) is 4.20. The predicted octanol–water partition coefficient (Wildman–Crippen LogP) is 1.18. The normalized spacial score (nSPS) is 12.2. The number of para-hydroxylation sites is 1. The number of carbonyl (C=O) groups is 1. The number of nitrogens with two attached hydrogens (primary N) is 2. The molecule has 1 aromatic carbocycles. The summed E-state index contributed by atoms with van der Waals surface area (Å²) in [4.78, 5) is 10.6. The maximum Gasteiger partial charge on any atom is 0.237 e. The smallest absolute Gasteiger partial charge is 0.237 e. The number of halogens is 2. The van der Waals surface area contributed by atoms with Crippen molar-refractivity contribution in [3.8, 4) is 5.75 Å². The van der Waals surface area contributed by atoms with Crippen LogP contribution >= 0.6 is 23.2 Å². The number of hydrogen-bond donors (Lipinski definition) is 2. The fourth-order valence-electron chi connectivity index (χ4n) is 0.876. The van der Waals surface area contributed by atoms with Crippen LogP contribution in [-0.4, -0.2) is 18.6 Å². The Morgan fingerprint density at radius 3 is 2.40 bits per heavy atom. The third-order valence-corrected chi connectivity index (χ3v) is 2.29. The first-order valence-electron chi connectivity index (χ1n) is 4.14. The van der Waals surface area contributed by atoms with E-state index in [0.717, 1.165) is 0 Å². The largest absolute Gasteiger partial charge is 0.488 e. The summed E-state index contributed by atoms with van der Waals surface area (Å²) >= 11 is 11.7. The third-order valence-electron chi connectivity index (χ3n) is 1.69. The number of ether oxygens (including phenoxy) is 1. The summed E-state index contributed by atoms with van der Waals surface area (Å²) in [6.45, 7) is -0.0568. The van der Waals surface area contributed by atoms with Crippen LogP contribution in [0.25, 0.3) is 0 Å². The molecule has 4 nitrogen and oxygen atoms in total. The monoisotopic (exact) mass is 248 g/mol. The maximum atomic E-state index is 10.6. The van der Waals surface area contributed by atoms with Crippen LogP contribution < -0.4 is 16.2 Å². The fraction of sp³-hybridized carbons (Fsp3) is 0.222. The van der Waals surface area contributed by atoms with Crippen LogP contribution in [-0.2, 0) is 4.79 Å². The first-order valence-corrected chi connectivity index (χ1v) is 4.89. The van der Waals surface area contributed by atoms with Gasteiger partial charge < -0.3 is 16.2 Å². The van der Waals surface area contributed by atoms with Crippen molar-refractivity contribution in [2.75, 3.05) is 6.61 Å². The molecule has 0 bridgehead atoms. The average Bonchev–Trinajstić information content (AvgIpc) is 2.16. The van der Waals surface area contributed by atoms with E-state index < -0.39 is 11.9 Å². The number of benzene rings is 1. The Labute approximate surface area is 97.1 Å². The molecular weight excluding hydrogens is 239 g/mol. The molecule has 1 atom stereocenters. The molecule has 1 amide bonds. The highest BCUT2D eigenvalue weighted by atomic mass is 35.5. The molecule has 1 rings (SSSR count). The lowest BCUT2D eigenvalue weighted by molar-refractivity contribution is -0.119. The lowest BCUT2D eigenvalue weighted by Gasteiger charge is -2.12. The van der Waals surface area contributed by atoms with Gasteiger partial charge >= 0.3 is 0 Å². The fourth-order valence-corrected chi connectivity index (χ4v) is 1.38. The molecule has 0 saturated heterocycles. The summed E-state index contributed by atoms with van der Waals surface area (Å²) in [6.07, 6.45) is 0. The Hall–Kier alpha value is -0.970. The molecule has 0 saturated carbocycles. The molecule has 15 heavy (non-hydrogen) atoms. The van der Waals surface area contributed by atoms with E-state index in [-0.39, 0.29) is 6.61 Å². The molecule has 0 aliphatic heterocycles. The molecule has 0 heterocycles. The molecule has 0 aliphatic carbocycles. The van der Waals surface area contributed by atoms with Crippen molar-refractivity contribution >= 4 is 29.1 Å². The van der Waals surface area contributed by atoms with Crippen LogP contribution in [0.4, 0.5) is 0 Å². The Morgan fingerprint density at radius 1 is 1.40 bits per heavy atom. The molecule has 0 radical (unpaired) electrons. The zero-order chi connectivity index (χ0) is 11.4. The number of rotatable bonds is 4. The van der Waals surface area contributed by atoms with Crippen LogP contribution in [0.5, 0.6) is 5.75 Å². The summed E-state index contributed by atoms with van der Waals surface area (Å²) in [7, 11) is 0. The number of primary amides is 1. The van der Waals surface area contributed by atoms with Gasteiger partial charge in [-0.2, -0.15) is 0 Å².